The third kappa shape index (κ3) is 3.57. The predicted molar refractivity (Wildman–Crippen MR) is 46.5 cm³/mol. The molecule has 0 unspecified atom stereocenters. The standard InChI is InChI=1S/C9H11NO3/c11-9(10-12)6-7-13-8-4-2-1-3-5-8/h1-5,12H,6-7H2,(H,10,11). The van der Waals surface area contributed by atoms with Crippen LogP contribution in [-0.4, -0.2) is 17.7 Å². The molecule has 1 rings (SSSR count). The molecule has 1 amide bonds. The summed E-state index contributed by atoms with van der Waals surface area (Å²) in [5.74, 6) is 0.268. The van der Waals surface area contributed by atoms with Gasteiger partial charge in [0, 0.05) is 0 Å². The smallest absolute Gasteiger partial charge is 0.246 e. The van der Waals surface area contributed by atoms with E-state index in [1.165, 1.54) is 5.48 Å². The Bertz CT molecular complexity index is 261. The first-order valence-corrected chi connectivity index (χ1v) is 3.93. The van der Waals surface area contributed by atoms with E-state index in [9.17, 15) is 4.79 Å². The Morgan fingerprint density at radius 3 is 2.69 bits per heavy atom. The van der Waals surface area contributed by atoms with Gasteiger partial charge >= 0.3 is 0 Å². The average molecular weight is 181 g/mol. The number of hydroxylamine groups is 1. The molecule has 4 nitrogen and oxygen atoms in total. The Hall–Kier alpha value is -1.55. The summed E-state index contributed by atoms with van der Waals surface area (Å²) in [6, 6.07) is 9.18. The highest BCUT2D eigenvalue weighted by Crippen LogP contribution is 2.07. The van der Waals surface area contributed by atoms with Gasteiger partial charge in [-0.15, -0.1) is 0 Å². The van der Waals surface area contributed by atoms with Gasteiger partial charge in [0.25, 0.3) is 0 Å². The number of carbonyl (C=O) groups is 1. The van der Waals surface area contributed by atoms with Crippen molar-refractivity contribution in [2.24, 2.45) is 0 Å². The summed E-state index contributed by atoms with van der Waals surface area (Å²) in [5.41, 5.74) is 1.53. The SMILES string of the molecule is O=C(CCOc1ccccc1)NO. The fraction of sp³-hybridized carbons (Fsp3) is 0.222. The van der Waals surface area contributed by atoms with Crippen molar-refractivity contribution in [1.29, 1.82) is 0 Å². The fourth-order valence-electron chi connectivity index (χ4n) is 0.834. The van der Waals surface area contributed by atoms with Crippen LogP contribution in [0.25, 0.3) is 0 Å². The summed E-state index contributed by atoms with van der Waals surface area (Å²) in [6.45, 7) is 0.260. The number of hydrogen-bond donors (Lipinski definition) is 2. The third-order valence-electron chi connectivity index (χ3n) is 1.47. The fourth-order valence-corrected chi connectivity index (χ4v) is 0.834. The molecule has 0 aliphatic carbocycles. The molecule has 0 fully saturated rings. The van der Waals surface area contributed by atoms with Gasteiger partial charge in [-0.3, -0.25) is 10.0 Å². The molecule has 0 radical (unpaired) electrons. The maximum Gasteiger partial charge on any atom is 0.246 e. The lowest BCUT2D eigenvalue weighted by atomic mass is 10.3. The summed E-state index contributed by atoms with van der Waals surface area (Å²) in [4.78, 5) is 10.6. The second-order valence-electron chi connectivity index (χ2n) is 2.45. The molecular formula is C9H11NO3. The van der Waals surface area contributed by atoms with Crippen molar-refractivity contribution >= 4 is 5.91 Å². The third-order valence-corrected chi connectivity index (χ3v) is 1.47. The molecule has 1 aromatic rings. The first kappa shape index (κ1) is 9.54. The number of nitrogens with one attached hydrogen (secondary N) is 1. The van der Waals surface area contributed by atoms with Crippen LogP contribution in [0.4, 0.5) is 0 Å². The number of rotatable bonds is 4. The van der Waals surface area contributed by atoms with Gasteiger partial charge in [0.2, 0.25) is 5.91 Å². The molecule has 70 valence electrons. The van der Waals surface area contributed by atoms with E-state index in [4.69, 9.17) is 9.94 Å². The summed E-state index contributed by atoms with van der Waals surface area (Å²) >= 11 is 0. The Kier molecular flexibility index (Phi) is 3.78. The van der Waals surface area contributed by atoms with E-state index < -0.39 is 5.91 Å². The predicted octanol–water partition coefficient (Wildman–Crippen LogP) is 0.961. The maximum atomic E-state index is 10.6. The number of benzene rings is 1. The largest absolute Gasteiger partial charge is 0.493 e. The van der Waals surface area contributed by atoms with Gasteiger partial charge < -0.3 is 4.74 Å². The van der Waals surface area contributed by atoms with Crippen LogP contribution in [0.1, 0.15) is 6.42 Å². The zero-order valence-corrected chi connectivity index (χ0v) is 7.06. The van der Waals surface area contributed by atoms with Crippen LogP contribution in [0.3, 0.4) is 0 Å². The van der Waals surface area contributed by atoms with E-state index in [1.807, 2.05) is 18.2 Å². The summed E-state index contributed by atoms with van der Waals surface area (Å²) in [6.07, 6.45) is 0.144. The zero-order valence-electron chi connectivity index (χ0n) is 7.06. The molecule has 0 saturated carbocycles. The second kappa shape index (κ2) is 5.16. The van der Waals surface area contributed by atoms with Crippen LogP contribution < -0.4 is 10.2 Å². The summed E-state index contributed by atoms with van der Waals surface area (Å²) in [5, 5.41) is 8.18. The lowest BCUT2D eigenvalue weighted by Crippen LogP contribution is -2.20. The minimum Gasteiger partial charge on any atom is -0.493 e. The highest BCUT2D eigenvalue weighted by atomic mass is 16.5. The Labute approximate surface area is 76.1 Å². The quantitative estimate of drug-likeness (QED) is 0.537. The van der Waals surface area contributed by atoms with Crippen LogP contribution in [-0.2, 0) is 4.79 Å². The van der Waals surface area contributed by atoms with Crippen LogP contribution in [0.2, 0.25) is 0 Å². The van der Waals surface area contributed by atoms with Crippen LogP contribution >= 0.6 is 0 Å². The number of amides is 1. The first-order chi connectivity index (χ1) is 6.33. The van der Waals surface area contributed by atoms with Gasteiger partial charge in [0.15, 0.2) is 0 Å². The van der Waals surface area contributed by atoms with Crippen molar-refractivity contribution in [2.75, 3.05) is 6.61 Å². The minimum absolute atomic E-state index is 0.144. The monoisotopic (exact) mass is 181 g/mol. The lowest BCUT2D eigenvalue weighted by Gasteiger charge is -2.03. The molecule has 13 heavy (non-hydrogen) atoms. The first-order valence-electron chi connectivity index (χ1n) is 3.93. The van der Waals surface area contributed by atoms with Gasteiger partial charge in [-0.25, -0.2) is 5.48 Å². The van der Waals surface area contributed by atoms with Crippen molar-refractivity contribution in [1.82, 2.24) is 5.48 Å². The molecule has 0 aliphatic rings. The van der Waals surface area contributed by atoms with Gasteiger partial charge in [-0.05, 0) is 12.1 Å². The molecule has 0 saturated heterocycles. The van der Waals surface area contributed by atoms with Gasteiger partial charge in [0.05, 0.1) is 13.0 Å². The van der Waals surface area contributed by atoms with E-state index in [-0.39, 0.29) is 13.0 Å². The van der Waals surface area contributed by atoms with Gasteiger partial charge in [-0.1, -0.05) is 18.2 Å². The average Bonchev–Trinajstić information content (AvgIpc) is 2.19. The van der Waals surface area contributed by atoms with Crippen molar-refractivity contribution in [3.8, 4) is 5.75 Å². The van der Waals surface area contributed by atoms with Gasteiger partial charge in [-0.2, -0.15) is 0 Å². The molecule has 0 heterocycles. The molecule has 0 aromatic heterocycles. The Morgan fingerprint density at radius 2 is 2.08 bits per heavy atom. The molecule has 0 atom stereocenters. The topological polar surface area (TPSA) is 58.6 Å². The molecule has 1 aromatic carbocycles. The van der Waals surface area contributed by atoms with E-state index >= 15 is 0 Å². The van der Waals surface area contributed by atoms with Gasteiger partial charge in [0.1, 0.15) is 5.75 Å². The molecule has 4 heteroatoms. The Balaban J connectivity index is 2.24. The Morgan fingerprint density at radius 1 is 1.38 bits per heavy atom. The summed E-state index contributed by atoms with van der Waals surface area (Å²) < 4.78 is 5.21. The number of hydrogen-bond acceptors (Lipinski definition) is 3. The van der Waals surface area contributed by atoms with Crippen LogP contribution in [0.15, 0.2) is 30.3 Å². The van der Waals surface area contributed by atoms with Crippen molar-refractivity contribution in [3.63, 3.8) is 0 Å². The highest BCUT2D eigenvalue weighted by Gasteiger charge is 1.98. The molecular weight excluding hydrogens is 170 g/mol. The van der Waals surface area contributed by atoms with Crippen molar-refractivity contribution < 1.29 is 14.7 Å². The summed E-state index contributed by atoms with van der Waals surface area (Å²) in [7, 11) is 0. The second-order valence-corrected chi connectivity index (χ2v) is 2.45. The van der Waals surface area contributed by atoms with E-state index in [2.05, 4.69) is 0 Å². The molecule has 0 spiro atoms. The molecule has 2 N–H and O–H groups in total. The van der Waals surface area contributed by atoms with Crippen LogP contribution in [0, 0.1) is 0 Å². The van der Waals surface area contributed by atoms with E-state index in [0.29, 0.717) is 5.75 Å². The maximum absolute atomic E-state index is 10.6. The van der Waals surface area contributed by atoms with Crippen molar-refractivity contribution in [2.45, 2.75) is 6.42 Å². The minimum atomic E-state index is -0.448. The van der Waals surface area contributed by atoms with E-state index in [1.54, 1.807) is 12.1 Å². The highest BCUT2D eigenvalue weighted by molar-refractivity contribution is 5.74. The normalized spacial score (nSPS) is 9.31. The zero-order chi connectivity index (χ0) is 9.52. The number of ether oxygens (including phenoxy) is 1. The molecule has 0 bridgehead atoms. The number of para-hydroxylation sites is 1. The van der Waals surface area contributed by atoms with Crippen molar-refractivity contribution in [3.05, 3.63) is 30.3 Å². The number of carbonyl (C=O) groups excluding carboxylic acids is 1. The lowest BCUT2D eigenvalue weighted by molar-refractivity contribution is -0.129. The van der Waals surface area contributed by atoms with Crippen LogP contribution in [0.5, 0.6) is 5.75 Å². The van der Waals surface area contributed by atoms with E-state index in [0.717, 1.165) is 0 Å². The molecule has 0 aliphatic heterocycles.